The van der Waals surface area contributed by atoms with E-state index in [1.807, 2.05) is 48.5 Å². The minimum atomic E-state index is -1.19. The number of aromatic nitrogens is 6. The number of imidazole rings is 1. The van der Waals surface area contributed by atoms with Gasteiger partial charge in [-0.15, -0.1) is 10.2 Å². The predicted molar refractivity (Wildman–Crippen MR) is 144 cm³/mol. The van der Waals surface area contributed by atoms with E-state index in [0.717, 1.165) is 35.1 Å². The van der Waals surface area contributed by atoms with E-state index in [1.54, 1.807) is 11.5 Å². The van der Waals surface area contributed by atoms with E-state index in [1.165, 1.54) is 6.92 Å². The number of aromatic amines is 1. The zero-order valence-electron chi connectivity index (χ0n) is 23.9. The molecule has 1 atom stereocenters. The molecule has 0 radical (unpaired) electrons. The number of hydrogen-bond donors (Lipinski definition) is 1. The predicted octanol–water partition coefficient (Wildman–Crippen LogP) is 2.57. The summed E-state index contributed by atoms with van der Waals surface area (Å²) in [5.74, 6) is 0.308. The van der Waals surface area contributed by atoms with Gasteiger partial charge in [-0.25, -0.2) is 14.6 Å². The average molecular weight is 593 g/mol. The number of aryl methyl sites for hydroxylation is 1. The Bertz CT molecular complexity index is 1420. The molecule has 4 rings (SSSR count). The molecule has 2 aromatic heterocycles. The minimum absolute atomic E-state index is 0. The van der Waals surface area contributed by atoms with Crippen molar-refractivity contribution in [1.29, 1.82) is 0 Å². The molecule has 0 fully saturated rings. The molecule has 1 N–H and O–H groups in total. The normalized spacial score (nSPS) is 11.4. The van der Waals surface area contributed by atoms with Gasteiger partial charge in [0.05, 0.1) is 6.61 Å². The fraction of sp³-hybridized carbons (Fsp3) is 0.333. The van der Waals surface area contributed by atoms with Crippen LogP contribution < -0.4 is 51.4 Å². The van der Waals surface area contributed by atoms with Crippen molar-refractivity contribution < 1.29 is 76.6 Å². The summed E-state index contributed by atoms with van der Waals surface area (Å²) in [5.41, 5.74) is 3.62. The fourth-order valence-corrected chi connectivity index (χ4v) is 4.35. The molecule has 0 saturated heterocycles. The summed E-state index contributed by atoms with van der Waals surface area (Å²) in [7, 11) is 0. The number of halogens is 1. The minimum Gasteiger partial charge on any atom is -1.00 e. The van der Waals surface area contributed by atoms with Crippen LogP contribution >= 0.6 is 11.6 Å². The number of rotatable bonds is 11. The van der Waals surface area contributed by atoms with Gasteiger partial charge < -0.3 is 20.2 Å². The van der Waals surface area contributed by atoms with Crippen molar-refractivity contribution in [1.82, 2.24) is 30.2 Å². The van der Waals surface area contributed by atoms with E-state index >= 15 is 0 Å². The maximum atomic E-state index is 13.2. The number of ether oxygens (including phenoxy) is 3. The van der Waals surface area contributed by atoms with Crippen LogP contribution in [-0.2, 0) is 27.2 Å². The molecule has 0 amide bonds. The summed E-state index contributed by atoms with van der Waals surface area (Å²) in [5, 5.41) is 14.6. The third kappa shape index (κ3) is 7.99. The average Bonchev–Trinajstić information content (AvgIpc) is 3.56. The molecule has 0 unspecified atom stereocenters. The number of unbranched alkanes of at least 4 members (excludes halogenated alkanes) is 1. The smallest absolute Gasteiger partial charge is 1.00 e. The van der Waals surface area contributed by atoms with Crippen molar-refractivity contribution in [3.63, 3.8) is 0 Å². The van der Waals surface area contributed by atoms with Crippen LogP contribution in [0, 0.1) is 0 Å². The number of H-pyrrole nitrogens is 1. The van der Waals surface area contributed by atoms with Crippen LogP contribution in [0.15, 0.2) is 48.5 Å². The molecule has 2 aromatic carbocycles. The topological polar surface area (TPSA) is 134 Å². The first-order valence-electron chi connectivity index (χ1n) is 12.6. The maximum Gasteiger partial charge on any atom is 1.00 e. The summed E-state index contributed by atoms with van der Waals surface area (Å²) in [6, 6.07) is 15.8. The van der Waals surface area contributed by atoms with Crippen molar-refractivity contribution in [3.05, 3.63) is 70.8 Å². The molecule has 0 aliphatic rings. The van der Waals surface area contributed by atoms with Gasteiger partial charge in [0.2, 0.25) is 12.1 Å². The SMILES string of the molecule is CCCCc1nc(Cl)c(C(=O)O[C@@H](C)OC(=O)OCC)n1Cc1ccc(-c2ccccc2)c(-c2nn[nH]n2)c1.[H-].[K+]. The zero-order chi connectivity index (χ0) is 27.8. The third-order valence-electron chi connectivity index (χ3n) is 5.84. The summed E-state index contributed by atoms with van der Waals surface area (Å²) in [6.07, 6.45) is 0.268. The van der Waals surface area contributed by atoms with Gasteiger partial charge >= 0.3 is 63.5 Å². The van der Waals surface area contributed by atoms with Crippen LogP contribution in [0.2, 0.25) is 5.15 Å². The summed E-state index contributed by atoms with van der Waals surface area (Å²) in [6.45, 7) is 5.54. The maximum absolute atomic E-state index is 13.2. The molecule has 0 aliphatic carbocycles. The Hall–Kier alpha value is -2.61. The molecular weight excluding hydrogens is 563 g/mol. The van der Waals surface area contributed by atoms with Crippen molar-refractivity contribution in [2.24, 2.45) is 0 Å². The van der Waals surface area contributed by atoms with E-state index in [2.05, 4.69) is 32.5 Å². The molecule has 13 heteroatoms. The third-order valence-corrected chi connectivity index (χ3v) is 6.11. The van der Waals surface area contributed by atoms with Gasteiger partial charge in [-0.3, -0.25) is 0 Å². The second kappa shape index (κ2) is 15.4. The number of nitrogens with one attached hydrogen (secondary N) is 1. The number of nitrogens with zero attached hydrogens (tertiary/aromatic N) is 5. The van der Waals surface area contributed by atoms with Crippen LogP contribution in [0.25, 0.3) is 22.5 Å². The standard InChI is InChI=1S/C27H29ClN6O5.K.H/c1-4-6-12-22-29-24(28)23(26(35)38-17(3)39-27(36)37-5-2)34(22)16-18-13-14-20(19-10-8-7-9-11-19)21(15-18)25-30-32-33-31-25;;/h7-11,13-15,17H,4-6,12,16H2,1-3H3,(H,30,31,32,33);;/q;+1;-1/t17-;;/m1../s1. The van der Waals surface area contributed by atoms with Crippen LogP contribution in [0.4, 0.5) is 4.79 Å². The first-order chi connectivity index (χ1) is 18.9. The van der Waals surface area contributed by atoms with Gasteiger partial charge in [0.1, 0.15) is 5.82 Å². The summed E-state index contributed by atoms with van der Waals surface area (Å²) < 4.78 is 16.8. The largest absolute Gasteiger partial charge is 1.00 e. The van der Waals surface area contributed by atoms with E-state index < -0.39 is 18.4 Å². The molecular formula is C27H30ClKN6O5. The number of benzene rings is 2. The zero-order valence-corrected chi connectivity index (χ0v) is 26.8. The monoisotopic (exact) mass is 592 g/mol. The Morgan fingerprint density at radius 1 is 1.10 bits per heavy atom. The molecule has 0 spiro atoms. The summed E-state index contributed by atoms with van der Waals surface area (Å²) in [4.78, 5) is 29.3. The first-order valence-corrected chi connectivity index (χ1v) is 13.0. The molecule has 206 valence electrons. The van der Waals surface area contributed by atoms with Gasteiger partial charge in [-0.1, -0.05) is 67.4 Å². The Balaban J connectivity index is 0.00000294. The Kier molecular flexibility index (Phi) is 12.3. The van der Waals surface area contributed by atoms with Crippen LogP contribution in [0.3, 0.4) is 0 Å². The molecule has 11 nitrogen and oxygen atoms in total. The number of tetrazole rings is 1. The van der Waals surface area contributed by atoms with Crippen molar-refractivity contribution >= 4 is 23.7 Å². The second-order valence-corrected chi connectivity index (χ2v) is 8.97. The fourth-order valence-electron chi connectivity index (χ4n) is 4.08. The van der Waals surface area contributed by atoms with Gasteiger partial charge in [-0.2, -0.15) is 5.21 Å². The molecule has 4 aromatic rings. The van der Waals surface area contributed by atoms with Crippen LogP contribution in [0.1, 0.15) is 56.9 Å². The molecule has 0 saturated carbocycles. The Morgan fingerprint density at radius 2 is 1.88 bits per heavy atom. The first kappa shape index (κ1) is 31.9. The second-order valence-electron chi connectivity index (χ2n) is 8.61. The van der Waals surface area contributed by atoms with E-state index in [-0.39, 0.29) is 76.8 Å². The number of carbonyl (C=O) groups excluding carboxylic acids is 2. The van der Waals surface area contributed by atoms with Gasteiger partial charge in [0.15, 0.2) is 10.8 Å². The molecule has 40 heavy (non-hydrogen) atoms. The summed E-state index contributed by atoms with van der Waals surface area (Å²) >= 11 is 6.45. The van der Waals surface area contributed by atoms with E-state index in [9.17, 15) is 9.59 Å². The van der Waals surface area contributed by atoms with Crippen molar-refractivity contribution in [2.75, 3.05) is 6.61 Å². The molecule has 2 heterocycles. The van der Waals surface area contributed by atoms with Crippen LogP contribution in [0.5, 0.6) is 0 Å². The van der Waals surface area contributed by atoms with Gasteiger partial charge in [0.25, 0.3) is 0 Å². The molecule has 0 bridgehead atoms. The van der Waals surface area contributed by atoms with Crippen molar-refractivity contribution in [3.8, 4) is 22.5 Å². The molecule has 0 aliphatic heterocycles. The number of esters is 1. The van der Waals surface area contributed by atoms with Gasteiger partial charge in [-0.05, 0) is 41.3 Å². The van der Waals surface area contributed by atoms with E-state index in [4.69, 9.17) is 25.8 Å². The van der Waals surface area contributed by atoms with E-state index in [0.29, 0.717) is 18.1 Å². The number of carbonyl (C=O) groups is 2. The Morgan fingerprint density at radius 3 is 2.55 bits per heavy atom. The number of hydrogen-bond acceptors (Lipinski definition) is 9. The van der Waals surface area contributed by atoms with Crippen molar-refractivity contribution in [2.45, 2.75) is 52.9 Å². The van der Waals surface area contributed by atoms with Gasteiger partial charge in [0, 0.05) is 25.5 Å². The van der Waals surface area contributed by atoms with Crippen LogP contribution in [-0.4, -0.2) is 55.2 Å². The Labute approximate surface area is 280 Å². The quantitative estimate of drug-likeness (QED) is 0.158.